The predicted molar refractivity (Wildman–Crippen MR) is 80.1 cm³/mol. The molecule has 1 atom stereocenters. The molecule has 7 heteroatoms. The Kier molecular flexibility index (Phi) is 6.09. The molecular weight excluding hydrogens is 280 g/mol. The topological polar surface area (TPSA) is 76.7 Å². The van der Waals surface area contributed by atoms with Crippen LogP contribution in [0.2, 0.25) is 0 Å². The smallest absolute Gasteiger partial charge is 0.236 e. The molecule has 0 aromatic heterocycles. The van der Waals surface area contributed by atoms with Gasteiger partial charge in [-0.05, 0) is 25.6 Å². The first-order valence-corrected chi connectivity index (χ1v) is 7.93. The summed E-state index contributed by atoms with van der Waals surface area (Å²) in [5, 5.41) is 2.48. The number of hydrogen-bond donors (Lipinski definition) is 2. The number of sulfonamides is 1. The molecule has 1 aromatic carbocycles. The molecule has 0 aliphatic heterocycles. The van der Waals surface area contributed by atoms with Crippen molar-refractivity contribution < 1.29 is 17.9 Å². The second-order valence-electron chi connectivity index (χ2n) is 4.34. The molecular formula is C13H22N2O4S. The Labute approximate surface area is 120 Å². The molecule has 0 saturated carbocycles. The monoisotopic (exact) mass is 302 g/mol. The van der Waals surface area contributed by atoms with Crippen molar-refractivity contribution in [2.24, 2.45) is 0 Å². The Morgan fingerprint density at radius 3 is 2.40 bits per heavy atom. The Morgan fingerprint density at radius 1 is 1.20 bits per heavy atom. The van der Waals surface area contributed by atoms with E-state index in [1.165, 1.54) is 14.2 Å². The van der Waals surface area contributed by atoms with Gasteiger partial charge >= 0.3 is 0 Å². The van der Waals surface area contributed by atoms with Crippen LogP contribution < -0.4 is 19.5 Å². The van der Waals surface area contributed by atoms with Crippen LogP contribution in [0.4, 0.5) is 5.69 Å². The summed E-state index contributed by atoms with van der Waals surface area (Å²) < 4.78 is 37.1. The van der Waals surface area contributed by atoms with Gasteiger partial charge in [0.25, 0.3) is 0 Å². The van der Waals surface area contributed by atoms with Crippen LogP contribution in [0.3, 0.4) is 0 Å². The van der Waals surface area contributed by atoms with Crippen LogP contribution >= 0.6 is 0 Å². The lowest BCUT2D eigenvalue weighted by Crippen LogP contribution is -2.34. The first-order chi connectivity index (χ1) is 9.44. The number of nitrogens with one attached hydrogen (secondary N) is 2. The van der Waals surface area contributed by atoms with Crippen LogP contribution in [0.5, 0.6) is 11.5 Å². The summed E-state index contributed by atoms with van der Waals surface area (Å²) in [5.41, 5.74) is 0.450. The van der Waals surface area contributed by atoms with Crippen LogP contribution in [-0.2, 0) is 10.0 Å². The van der Waals surface area contributed by atoms with Crippen molar-refractivity contribution in [2.75, 3.05) is 32.0 Å². The average Bonchev–Trinajstić information content (AvgIpc) is 2.43. The van der Waals surface area contributed by atoms with Crippen LogP contribution in [-0.4, -0.2) is 41.0 Å². The fourth-order valence-corrected chi connectivity index (χ4v) is 2.62. The van der Waals surface area contributed by atoms with E-state index in [0.717, 1.165) is 6.54 Å². The zero-order valence-electron chi connectivity index (χ0n) is 12.3. The fourth-order valence-electron chi connectivity index (χ4n) is 1.62. The van der Waals surface area contributed by atoms with E-state index in [0.29, 0.717) is 23.7 Å². The lowest BCUT2D eigenvalue weighted by atomic mass is 10.3. The van der Waals surface area contributed by atoms with Crippen LogP contribution in [0.1, 0.15) is 13.8 Å². The van der Waals surface area contributed by atoms with E-state index in [-0.39, 0.29) is 0 Å². The molecule has 0 radical (unpaired) electrons. The van der Waals surface area contributed by atoms with Gasteiger partial charge in [-0.2, -0.15) is 0 Å². The second kappa shape index (κ2) is 7.35. The van der Waals surface area contributed by atoms with Gasteiger partial charge in [0.2, 0.25) is 10.0 Å². The van der Waals surface area contributed by atoms with E-state index in [1.54, 1.807) is 25.1 Å². The standard InChI is InChI=1S/C13H22N2O4S/c1-5-14-9-10(2)20(16,17)15-11-6-7-12(18-3)13(8-11)19-4/h6-8,10,14-15H,5,9H2,1-4H3. The minimum Gasteiger partial charge on any atom is -0.493 e. The summed E-state index contributed by atoms with van der Waals surface area (Å²) >= 11 is 0. The van der Waals surface area contributed by atoms with Crippen molar-refractivity contribution in [1.29, 1.82) is 0 Å². The quantitative estimate of drug-likeness (QED) is 0.760. The van der Waals surface area contributed by atoms with Gasteiger partial charge in [0.1, 0.15) is 0 Å². The highest BCUT2D eigenvalue weighted by molar-refractivity contribution is 7.93. The molecule has 0 aliphatic rings. The third-order valence-electron chi connectivity index (χ3n) is 2.86. The summed E-state index contributed by atoms with van der Waals surface area (Å²) in [6, 6.07) is 4.89. The van der Waals surface area contributed by atoms with Crippen molar-refractivity contribution in [3.63, 3.8) is 0 Å². The molecule has 0 saturated heterocycles. The van der Waals surface area contributed by atoms with Crippen LogP contribution in [0, 0.1) is 0 Å². The molecule has 0 fully saturated rings. The highest BCUT2D eigenvalue weighted by Gasteiger charge is 2.20. The Hall–Kier alpha value is -1.47. The van der Waals surface area contributed by atoms with E-state index < -0.39 is 15.3 Å². The van der Waals surface area contributed by atoms with Crippen molar-refractivity contribution in [3.8, 4) is 11.5 Å². The van der Waals surface area contributed by atoms with Crippen LogP contribution in [0.25, 0.3) is 0 Å². The molecule has 0 bridgehead atoms. The maximum atomic E-state index is 12.1. The van der Waals surface area contributed by atoms with Crippen molar-refractivity contribution in [2.45, 2.75) is 19.1 Å². The number of methoxy groups -OCH3 is 2. The third-order valence-corrected chi connectivity index (χ3v) is 4.60. The molecule has 0 aliphatic carbocycles. The highest BCUT2D eigenvalue weighted by Crippen LogP contribution is 2.30. The zero-order valence-corrected chi connectivity index (χ0v) is 13.1. The molecule has 1 unspecified atom stereocenters. The number of rotatable bonds is 8. The van der Waals surface area contributed by atoms with Crippen molar-refractivity contribution in [1.82, 2.24) is 5.32 Å². The predicted octanol–water partition coefficient (Wildman–Crippen LogP) is 1.44. The second-order valence-corrected chi connectivity index (χ2v) is 6.43. The molecule has 0 spiro atoms. The first kappa shape index (κ1) is 16.6. The van der Waals surface area contributed by atoms with Gasteiger partial charge in [-0.3, -0.25) is 4.72 Å². The van der Waals surface area contributed by atoms with Crippen molar-refractivity contribution >= 4 is 15.7 Å². The molecule has 0 amide bonds. The molecule has 114 valence electrons. The third kappa shape index (κ3) is 4.28. The maximum absolute atomic E-state index is 12.1. The summed E-state index contributed by atoms with van der Waals surface area (Å²) in [6.45, 7) is 4.72. The molecule has 2 N–H and O–H groups in total. The van der Waals surface area contributed by atoms with E-state index >= 15 is 0 Å². The number of anilines is 1. The van der Waals surface area contributed by atoms with Gasteiger partial charge in [-0.25, -0.2) is 8.42 Å². The maximum Gasteiger partial charge on any atom is 0.236 e. The molecule has 0 heterocycles. The summed E-state index contributed by atoms with van der Waals surface area (Å²) in [4.78, 5) is 0. The first-order valence-electron chi connectivity index (χ1n) is 6.39. The average molecular weight is 302 g/mol. The summed E-state index contributed by atoms with van der Waals surface area (Å²) in [7, 11) is -0.407. The summed E-state index contributed by atoms with van der Waals surface area (Å²) in [6.07, 6.45) is 0. The molecule has 6 nitrogen and oxygen atoms in total. The fraction of sp³-hybridized carbons (Fsp3) is 0.538. The van der Waals surface area contributed by atoms with Gasteiger partial charge in [-0.15, -0.1) is 0 Å². The SMILES string of the molecule is CCNCC(C)S(=O)(=O)Nc1ccc(OC)c(OC)c1. The zero-order chi connectivity index (χ0) is 15.2. The van der Waals surface area contributed by atoms with Gasteiger partial charge in [0, 0.05) is 12.6 Å². The van der Waals surface area contributed by atoms with E-state index in [9.17, 15) is 8.42 Å². The lowest BCUT2D eigenvalue weighted by Gasteiger charge is -2.16. The minimum absolute atomic E-state index is 0.402. The molecule has 1 rings (SSSR count). The Morgan fingerprint density at radius 2 is 1.85 bits per heavy atom. The number of ether oxygens (including phenoxy) is 2. The molecule has 20 heavy (non-hydrogen) atoms. The van der Waals surface area contributed by atoms with Gasteiger partial charge in [-0.1, -0.05) is 6.92 Å². The van der Waals surface area contributed by atoms with E-state index in [4.69, 9.17) is 9.47 Å². The number of benzene rings is 1. The van der Waals surface area contributed by atoms with E-state index in [2.05, 4.69) is 10.0 Å². The van der Waals surface area contributed by atoms with Gasteiger partial charge < -0.3 is 14.8 Å². The van der Waals surface area contributed by atoms with Gasteiger partial charge in [0.05, 0.1) is 25.2 Å². The molecule has 1 aromatic rings. The van der Waals surface area contributed by atoms with E-state index in [1.807, 2.05) is 6.92 Å². The van der Waals surface area contributed by atoms with Crippen molar-refractivity contribution in [3.05, 3.63) is 18.2 Å². The minimum atomic E-state index is -3.44. The Balaban J connectivity index is 2.87. The number of hydrogen-bond acceptors (Lipinski definition) is 5. The van der Waals surface area contributed by atoms with Crippen LogP contribution in [0.15, 0.2) is 18.2 Å². The highest BCUT2D eigenvalue weighted by atomic mass is 32.2. The summed E-state index contributed by atoms with van der Waals surface area (Å²) in [5.74, 6) is 1.03. The normalized spacial score (nSPS) is 12.8. The Bertz CT molecular complexity index is 531. The largest absolute Gasteiger partial charge is 0.493 e. The van der Waals surface area contributed by atoms with Gasteiger partial charge in [0.15, 0.2) is 11.5 Å². The lowest BCUT2D eigenvalue weighted by molar-refractivity contribution is 0.355.